The molecule has 2 aliphatic rings. The molecule has 2 aromatic carbocycles. The third-order valence-electron chi connectivity index (χ3n) is 10.8. The third-order valence-corrected chi connectivity index (χ3v) is 13.2. The molecule has 6 heterocycles. The first kappa shape index (κ1) is 54.2. The highest BCUT2D eigenvalue weighted by atomic mass is 79.9. The number of aliphatic hydroxyl groups is 1. The number of nitrogens with zero attached hydrogens (tertiary/aromatic N) is 8. The molecule has 71 heavy (non-hydrogen) atoms. The van der Waals surface area contributed by atoms with Crippen LogP contribution in [0.15, 0.2) is 104 Å². The van der Waals surface area contributed by atoms with Crippen LogP contribution in [0.4, 0.5) is 0 Å². The topological polar surface area (TPSA) is 223 Å². The van der Waals surface area contributed by atoms with Gasteiger partial charge in [-0.15, -0.1) is 0 Å². The number of fused-ring (bicyclic) bond motifs is 6. The zero-order chi connectivity index (χ0) is 51.5. The van der Waals surface area contributed by atoms with Crippen LogP contribution in [0, 0.1) is 13.8 Å². The van der Waals surface area contributed by atoms with Crippen molar-refractivity contribution in [2.45, 2.75) is 91.5 Å². The fourth-order valence-corrected chi connectivity index (χ4v) is 8.54. The fraction of sp³-hybridized carbons (Fsp3) is 0.320. The Bertz CT molecular complexity index is 2970. The van der Waals surface area contributed by atoms with E-state index in [1.165, 1.54) is 13.8 Å². The van der Waals surface area contributed by atoms with E-state index in [0.29, 0.717) is 64.0 Å². The van der Waals surface area contributed by atoms with E-state index in [-0.39, 0.29) is 19.4 Å². The molecule has 2 aliphatic heterocycles. The Kier molecular flexibility index (Phi) is 19.0. The number of aliphatic imine (C=N–C) groups is 2. The van der Waals surface area contributed by atoms with E-state index >= 15 is 0 Å². The van der Waals surface area contributed by atoms with Gasteiger partial charge in [0.2, 0.25) is 0 Å². The maximum atomic E-state index is 12.5. The molecule has 21 heteroatoms. The molecule has 4 atom stereocenters. The summed E-state index contributed by atoms with van der Waals surface area (Å²) in [4.78, 5) is 73.9. The maximum Gasteiger partial charge on any atom is 0.347 e. The van der Waals surface area contributed by atoms with Crippen molar-refractivity contribution >= 4 is 90.4 Å². The Morgan fingerprint density at radius 3 is 1.54 bits per heavy atom. The van der Waals surface area contributed by atoms with Crippen molar-refractivity contribution in [3.05, 3.63) is 150 Å². The minimum Gasteiger partial charge on any atom is -0.481 e. The second kappa shape index (κ2) is 24.8. The molecule has 8 rings (SSSR count). The van der Waals surface area contributed by atoms with Crippen molar-refractivity contribution in [1.29, 1.82) is 0 Å². The van der Waals surface area contributed by atoms with Crippen LogP contribution < -0.4 is 0 Å². The SMILES string of the molecule is CCOC(=O)C(C)O.CCOC(=O)C(C)OC(=O)CC[C@@H]1N=C(c2ccccn2)c2cc(Br)c(Cl)cc2-n2c(C)cnc21.Cc1cnc2n1-c1cc(Cl)c(Br)cc1C(c1ccccn1)=N[C@H]2CCC(=O)O. The Hall–Kier alpha value is -6.12. The normalized spacial score (nSPS) is 15.1. The minimum atomic E-state index is -0.991. The van der Waals surface area contributed by atoms with Gasteiger partial charge in [0.05, 0.1) is 57.4 Å². The van der Waals surface area contributed by atoms with Gasteiger partial charge < -0.3 is 24.4 Å². The summed E-state index contributed by atoms with van der Waals surface area (Å²) >= 11 is 19.9. The highest BCUT2D eigenvalue weighted by molar-refractivity contribution is 9.10. The molecule has 2 N–H and O–H groups in total. The first-order valence-corrected chi connectivity index (χ1v) is 24.8. The number of carbonyl (C=O) groups excluding carboxylic acids is 3. The van der Waals surface area contributed by atoms with Crippen LogP contribution in [0.25, 0.3) is 11.4 Å². The lowest BCUT2D eigenvalue weighted by Crippen LogP contribution is -2.26. The molecule has 372 valence electrons. The summed E-state index contributed by atoms with van der Waals surface area (Å²) in [6.07, 6.45) is 5.69. The number of pyridine rings is 2. The van der Waals surface area contributed by atoms with Crippen molar-refractivity contribution in [1.82, 2.24) is 29.1 Å². The van der Waals surface area contributed by atoms with Crippen LogP contribution in [0.5, 0.6) is 0 Å². The molecule has 4 aromatic heterocycles. The lowest BCUT2D eigenvalue weighted by atomic mass is 10.0. The first-order chi connectivity index (χ1) is 33.9. The summed E-state index contributed by atoms with van der Waals surface area (Å²) in [5.74, 6) is -1.13. The van der Waals surface area contributed by atoms with Gasteiger partial charge in [-0.3, -0.25) is 38.7 Å². The van der Waals surface area contributed by atoms with E-state index in [9.17, 15) is 24.3 Å². The predicted molar refractivity (Wildman–Crippen MR) is 274 cm³/mol. The van der Waals surface area contributed by atoms with Gasteiger partial charge in [0.25, 0.3) is 0 Å². The van der Waals surface area contributed by atoms with Gasteiger partial charge in [0.15, 0.2) is 6.10 Å². The number of aromatic nitrogens is 6. The number of benzene rings is 2. The van der Waals surface area contributed by atoms with Crippen molar-refractivity contribution in [2.75, 3.05) is 13.2 Å². The lowest BCUT2D eigenvalue weighted by Gasteiger charge is -2.15. The van der Waals surface area contributed by atoms with Crippen molar-refractivity contribution in [2.24, 2.45) is 9.98 Å². The van der Waals surface area contributed by atoms with Crippen molar-refractivity contribution in [3.8, 4) is 11.4 Å². The van der Waals surface area contributed by atoms with Gasteiger partial charge in [-0.25, -0.2) is 19.6 Å². The number of rotatable bonds is 13. The van der Waals surface area contributed by atoms with Crippen LogP contribution in [0.2, 0.25) is 10.0 Å². The molecule has 6 aromatic rings. The summed E-state index contributed by atoms with van der Waals surface area (Å²) < 4.78 is 20.1. The molecule has 0 saturated carbocycles. The number of hydrogen-bond donors (Lipinski definition) is 2. The molecule has 0 fully saturated rings. The minimum absolute atomic E-state index is 0.00360. The van der Waals surface area contributed by atoms with Crippen LogP contribution in [0.3, 0.4) is 0 Å². The number of aliphatic hydroxyl groups excluding tert-OH is 1. The quantitative estimate of drug-likeness (QED) is 0.0813. The highest BCUT2D eigenvalue weighted by Gasteiger charge is 2.31. The molecule has 0 bridgehead atoms. The molecule has 2 unspecified atom stereocenters. The first-order valence-electron chi connectivity index (χ1n) is 22.4. The van der Waals surface area contributed by atoms with Gasteiger partial charge in [-0.05, 0) is 135 Å². The maximum absolute atomic E-state index is 12.5. The number of carboxylic acid groups (broad SMARTS) is 1. The van der Waals surface area contributed by atoms with Crippen LogP contribution in [-0.4, -0.2) is 100 Å². The number of halogens is 4. The largest absolute Gasteiger partial charge is 0.481 e. The number of aliphatic carboxylic acids is 1. The van der Waals surface area contributed by atoms with E-state index in [1.54, 1.807) is 38.6 Å². The van der Waals surface area contributed by atoms with E-state index in [4.69, 9.17) is 47.8 Å². The van der Waals surface area contributed by atoms with Gasteiger partial charge in [0.1, 0.15) is 29.8 Å². The molecule has 17 nitrogen and oxygen atoms in total. The standard InChI is InChI=1S/C25H24BrClN4O4.C20H16BrClN4O2.C5H10O3/c1-4-34-25(33)15(3)35-22(32)9-8-20-24-29-13-14(2)31(24)21-12-18(27)17(26)11-16(21)23(30-20)19-7-5-6-10-28-19;1-11-10-24-20-16(5-6-18(27)28)25-19(15-4-2-3-7-23-15)12-8-13(21)14(22)9-17(12)26(11)20;1-3-8-5(7)4(2)6/h5-7,10-13,15,20H,4,8-9H2,1-3H3;2-4,7-10,16H,5-6H2,1H3,(H,27,28);4,6H,3H2,1-2H3/t15?,20-;16-;/m00./s1. The molecular weight excluding hydrogens is 1090 g/mol. The second-order valence-corrected chi connectivity index (χ2v) is 18.5. The highest BCUT2D eigenvalue weighted by Crippen LogP contribution is 2.39. The summed E-state index contributed by atoms with van der Waals surface area (Å²) in [6.45, 7) is 10.7. The Morgan fingerprint density at radius 1 is 0.690 bits per heavy atom. The summed E-state index contributed by atoms with van der Waals surface area (Å²) in [5, 5.41) is 18.8. The molecular formula is C50H50Br2Cl2N8O9. The lowest BCUT2D eigenvalue weighted by molar-refractivity contribution is -0.166. The van der Waals surface area contributed by atoms with Gasteiger partial charge in [0, 0.05) is 69.1 Å². The number of aryl methyl sites for hydroxylation is 2. The molecule has 0 radical (unpaired) electrons. The number of ether oxygens (including phenoxy) is 3. The zero-order valence-corrected chi connectivity index (χ0v) is 44.2. The Balaban J connectivity index is 0.000000205. The van der Waals surface area contributed by atoms with Crippen LogP contribution in [-0.2, 0) is 33.4 Å². The Labute approximate surface area is 436 Å². The molecule has 0 spiro atoms. The van der Waals surface area contributed by atoms with Gasteiger partial charge in [-0.1, -0.05) is 35.3 Å². The zero-order valence-electron chi connectivity index (χ0n) is 39.5. The number of imidazole rings is 2. The van der Waals surface area contributed by atoms with Crippen LogP contribution in [0.1, 0.15) is 111 Å². The van der Waals surface area contributed by atoms with Crippen LogP contribution >= 0.6 is 55.1 Å². The number of hydrogen-bond acceptors (Lipinski definition) is 14. The number of esters is 3. The molecule has 0 saturated heterocycles. The summed E-state index contributed by atoms with van der Waals surface area (Å²) in [6, 6.07) is 18.0. The average molecular weight is 1140 g/mol. The third kappa shape index (κ3) is 13.2. The smallest absolute Gasteiger partial charge is 0.347 e. The van der Waals surface area contributed by atoms with Gasteiger partial charge in [-0.2, -0.15) is 0 Å². The number of carbonyl (C=O) groups is 4. The van der Waals surface area contributed by atoms with Crippen molar-refractivity contribution in [3.63, 3.8) is 0 Å². The van der Waals surface area contributed by atoms with E-state index < -0.39 is 48.2 Å². The second-order valence-electron chi connectivity index (χ2n) is 16.0. The van der Waals surface area contributed by atoms with E-state index in [1.807, 2.05) is 83.6 Å². The monoisotopic (exact) mass is 1130 g/mol. The molecule has 0 aliphatic carbocycles. The number of carboxylic acids is 1. The van der Waals surface area contributed by atoms with E-state index in [2.05, 4.69) is 56.5 Å². The molecule has 0 amide bonds. The van der Waals surface area contributed by atoms with E-state index in [0.717, 1.165) is 42.8 Å². The summed E-state index contributed by atoms with van der Waals surface area (Å²) in [5.41, 5.74) is 7.95. The van der Waals surface area contributed by atoms with Crippen molar-refractivity contribution < 1.29 is 43.6 Å². The average Bonchev–Trinajstić information content (AvgIpc) is 3.85. The summed E-state index contributed by atoms with van der Waals surface area (Å²) in [7, 11) is 0. The van der Waals surface area contributed by atoms with Gasteiger partial charge >= 0.3 is 23.9 Å². The predicted octanol–water partition coefficient (Wildman–Crippen LogP) is 9.84. The Morgan fingerprint density at radius 2 is 1.14 bits per heavy atom. The fourth-order valence-electron chi connectivity index (χ4n) is 7.54.